The molecule has 0 aliphatic rings. The summed E-state index contributed by atoms with van der Waals surface area (Å²) in [6.07, 6.45) is 3.22. The second kappa shape index (κ2) is 7.54. The third-order valence-corrected chi connectivity index (χ3v) is 2.68. The first-order chi connectivity index (χ1) is 7.55. The first kappa shape index (κ1) is 15.3. The molecule has 1 atom stereocenters. The van der Waals surface area contributed by atoms with E-state index in [-0.39, 0.29) is 5.31 Å². The van der Waals surface area contributed by atoms with Gasteiger partial charge >= 0.3 is 0 Å². The zero-order chi connectivity index (χ0) is 12.6. The fraction of sp³-hybridized carbons (Fsp3) is 0.600. The highest BCUT2D eigenvalue weighted by Gasteiger charge is 2.17. The Labute approximate surface area is 103 Å². The Hall–Kier alpha value is -0.715. The van der Waals surface area contributed by atoms with Crippen LogP contribution in [0.4, 0.5) is 0 Å². The standard InChI is InChI=1S/C13H19B.C2H6/c1-4-9-13(3,14)10-12-8-6-5-7-11(12)2;1-2/h5-8H,4,9-10H2,1-3H3;1-2H3. The van der Waals surface area contributed by atoms with Crippen molar-refractivity contribution in [2.45, 2.75) is 59.2 Å². The second-order valence-corrected chi connectivity index (χ2v) is 4.51. The van der Waals surface area contributed by atoms with Crippen LogP contribution < -0.4 is 0 Å². The van der Waals surface area contributed by atoms with Gasteiger partial charge in [-0.05, 0) is 24.5 Å². The summed E-state index contributed by atoms with van der Waals surface area (Å²) in [5, 5.41) is -0.0547. The molecule has 0 spiro atoms. The molecule has 2 radical (unpaired) electrons. The molecule has 0 fully saturated rings. The van der Waals surface area contributed by atoms with Crippen LogP contribution in [0.1, 0.15) is 51.7 Å². The van der Waals surface area contributed by atoms with E-state index in [0.29, 0.717) is 0 Å². The van der Waals surface area contributed by atoms with E-state index in [1.165, 1.54) is 11.1 Å². The molecule has 0 heterocycles. The van der Waals surface area contributed by atoms with Gasteiger partial charge in [0.2, 0.25) is 0 Å². The zero-order valence-electron chi connectivity index (χ0n) is 11.5. The first-order valence-corrected chi connectivity index (χ1v) is 6.38. The molecule has 1 aromatic rings. The van der Waals surface area contributed by atoms with Gasteiger partial charge in [-0.3, -0.25) is 0 Å². The molecule has 0 saturated heterocycles. The fourth-order valence-electron chi connectivity index (χ4n) is 1.90. The summed E-state index contributed by atoms with van der Waals surface area (Å²) < 4.78 is 0. The Morgan fingerprint density at radius 3 is 2.25 bits per heavy atom. The van der Waals surface area contributed by atoms with Crippen molar-refractivity contribution in [1.82, 2.24) is 0 Å². The predicted octanol–water partition coefficient (Wildman–Crippen LogP) is 4.71. The fourth-order valence-corrected chi connectivity index (χ4v) is 1.90. The smallest absolute Gasteiger partial charge is 0.0683 e. The van der Waals surface area contributed by atoms with Crippen molar-refractivity contribution in [3.63, 3.8) is 0 Å². The van der Waals surface area contributed by atoms with E-state index < -0.39 is 0 Å². The van der Waals surface area contributed by atoms with E-state index in [4.69, 9.17) is 7.85 Å². The van der Waals surface area contributed by atoms with Gasteiger partial charge in [0.05, 0.1) is 7.85 Å². The molecule has 0 aliphatic carbocycles. The molecule has 0 N–H and O–H groups in total. The summed E-state index contributed by atoms with van der Waals surface area (Å²) in [7, 11) is 6.23. The Bertz CT molecular complexity index is 289. The van der Waals surface area contributed by atoms with Gasteiger partial charge in [-0.25, -0.2) is 0 Å². The number of benzene rings is 1. The lowest BCUT2D eigenvalue weighted by Crippen LogP contribution is -2.12. The van der Waals surface area contributed by atoms with Crippen LogP contribution in [0.3, 0.4) is 0 Å². The van der Waals surface area contributed by atoms with Gasteiger partial charge in [0.15, 0.2) is 0 Å². The van der Waals surface area contributed by atoms with E-state index in [1.54, 1.807) is 0 Å². The molecule has 0 amide bonds. The quantitative estimate of drug-likeness (QED) is 0.639. The molecular weight excluding hydrogens is 191 g/mol. The summed E-state index contributed by atoms with van der Waals surface area (Å²) in [5.74, 6) is 0. The minimum Gasteiger partial charge on any atom is -0.0683 e. The third kappa shape index (κ3) is 5.39. The predicted molar refractivity (Wildman–Crippen MR) is 75.3 cm³/mol. The Morgan fingerprint density at radius 1 is 1.19 bits per heavy atom. The van der Waals surface area contributed by atoms with Crippen LogP contribution in [0, 0.1) is 6.92 Å². The maximum atomic E-state index is 6.23. The van der Waals surface area contributed by atoms with Crippen LogP contribution in [0.25, 0.3) is 0 Å². The lowest BCUT2D eigenvalue weighted by molar-refractivity contribution is 0.546. The Kier molecular flexibility index (Phi) is 7.20. The average molecular weight is 216 g/mol. The van der Waals surface area contributed by atoms with E-state index >= 15 is 0 Å². The average Bonchev–Trinajstić information content (AvgIpc) is 2.24. The Morgan fingerprint density at radius 2 is 1.75 bits per heavy atom. The van der Waals surface area contributed by atoms with Crippen molar-refractivity contribution in [3.05, 3.63) is 35.4 Å². The summed E-state index contributed by atoms with van der Waals surface area (Å²) >= 11 is 0. The Balaban J connectivity index is 0.00000106. The van der Waals surface area contributed by atoms with Crippen LogP contribution in [0.15, 0.2) is 24.3 Å². The van der Waals surface area contributed by atoms with Gasteiger partial charge in [-0.2, -0.15) is 0 Å². The van der Waals surface area contributed by atoms with Gasteiger partial charge in [0.25, 0.3) is 0 Å². The molecule has 16 heavy (non-hydrogen) atoms. The van der Waals surface area contributed by atoms with Crippen LogP contribution in [-0.2, 0) is 6.42 Å². The molecule has 1 rings (SSSR count). The lowest BCUT2D eigenvalue weighted by atomic mass is 9.64. The molecule has 1 unspecified atom stereocenters. The van der Waals surface area contributed by atoms with Crippen LogP contribution >= 0.6 is 0 Å². The van der Waals surface area contributed by atoms with Crippen molar-refractivity contribution in [2.75, 3.05) is 0 Å². The minimum absolute atomic E-state index is 0.0547. The highest BCUT2D eigenvalue weighted by Crippen LogP contribution is 2.32. The molecule has 0 saturated carbocycles. The molecule has 0 aliphatic heterocycles. The topological polar surface area (TPSA) is 0 Å². The van der Waals surface area contributed by atoms with Crippen LogP contribution in [0.5, 0.6) is 0 Å². The SMILES string of the molecule is CC.[B]C(C)(CCC)Cc1ccccc1C. The van der Waals surface area contributed by atoms with E-state index in [0.717, 1.165) is 19.3 Å². The van der Waals surface area contributed by atoms with E-state index in [9.17, 15) is 0 Å². The first-order valence-electron chi connectivity index (χ1n) is 6.38. The van der Waals surface area contributed by atoms with E-state index in [2.05, 4.69) is 45.0 Å². The largest absolute Gasteiger partial charge is 0.0747 e. The molecule has 0 bridgehead atoms. The normalized spacial score (nSPS) is 13.6. The van der Waals surface area contributed by atoms with E-state index in [1.807, 2.05) is 13.8 Å². The van der Waals surface area contributed by atoms with Crippen molar-refractivity contribution in [2.24, 2.45) is 0 Å². The number of hydrogen-bond acceptors (Lipinski definition) is 0. The van der Waals surface area contributed by atoms with Crippen molar-refractivity contribution >= 4 is 7.85 Å². The maximum absolute atomic E-state index is 6.23. The molecule has 1 heteroatoms. The molecular formula is C15H25B. The second-order valence-electron chi connectivity index (χ2n) is 4.51. The van der Waals surface area contributed by atoms with Crippen LogP contribution in [0.2, 0.25) is 5.31 Å². The van der Waals surface area contributed by atoms with Crippen molar-refractivity contribution < 1.29 is 0 Å². The summed E-state index contributed by atoms with van der Waals surface area (Å²) in [5.41, 5.74) is 2.73. The highest BCUT2D eigenvalue weighted by atomic mass is 14.2. The summed E-state index contributed by atoms with van der Waals surface area (Å²) in [6, 6.07) is 8.49. The maximum Gasteiger partial charge on any atom is 0.0747 e. The molecule has 1 aromatic carbocycles. The van der Waals surface area contributed by atoms with Gasteiger partial charge in [-0.1, -0.05) is 70.1 Å². The monoisotopic (exact) mass is 216 g/mol. The molecule has 0 nitrogen and oxygen atoms in total. The summed E-state index contributed by atoms with van der Waals surface area (Å²) in [6.45, 7) is 10.5. The summed E-state index contributed by atoms with van der Waals surface area (Å²) in [4.78, 5) is 0. The lowest BCUT2D eigenvalue weighted by Gasteiger charge is -2.25. The van der Waals surface area contributed by atoms with Crippen molar-refractivity contribution in [1.29, 1.82) is 0 Å². The van der Waals surface area contributed by atoms with Gasteiger partial charge in [0, 0.05) is 0 Å². The highest BCUT2D eigenvalue weighted by molar-refractivity contribution is 6.15. The number of aryl methyl sites for hydroxylation is 1. The minimum atomic E-state index is -0.0547. The third-order valence-electron chi connectivity index (χ3n) is 2.68. The molecule has 88 valence electrons. The van der Waals surface area contributed by atoms with Gasteiger partial charge in [-0.15, -0.1) is 0 Å². The number of hydrogen-bond donors (Lipinski definition) is 0. The molecule has 0 aromatic heterocycles. The van der Waals surface area contributed by atoms with Crippen molar-refractivity contribution in [3.8, 4) is 0 Å². The van der Waals surface area contributed by atoms with Crippen LogP contribution in [-0.4, -0.2) is 7.85 Å². The van der Waals surface area contributed by atoms with Gasteiger partial charge < -0.3 is 0 Å². The number of rotatable bonds is 4. The van der Waals surface area contributed by atoms with Gasteiger partial charge in [0.1, 0.15) is 0 Å². The zero-order valence-corrected chi connectivity index (χ0v) is 11.5.